The molecule has 9 nitrogen and oxygen atoms in total. The number of ether oxygens (including phenoxy) is 1. The third-order valence-electron chi connectivity index (χ3n) is 5.00. The highest BCUT2D eigenvalue weighted by molar-refractivity contribution is 7.88. The molecular formula is C18H21FN6O3S. The Kier molecular flexibility index (Phi) is 5.09. The molecule has 1 aromatic carbocycles. The zero-order valence-electron chi connectivity index (χ0n) is 16.0. The van der Waals surface area contributed by atoms with Crippen LogP contribution in [-0.2, 0) is 10.0 Å². The lowest BCUT2D eigenvalue weighted by Crippen LogP contribution is -2.42. The zero-order chi connectivity index (χ0) is 20.6. The van der Waals surface area contributed by atoms with Gasteiger partial charge in [0.05, 0.1) is 24.4 Å². The lowest BCUT2D eigenvalue weighted by Gasteiger charge is -2.30. The fourth-order valence-electron chi connectivity index (χ4n) is 3.47. The van der Waals surface area contributed by atoms with E-state index in [1.807, 2.05) is 0 Å². The molecule has 1 aliphatic heterocycles. The van der Waals surface area contributed by atoms with Gasteiger partial charge in [-0.15, -0.1) is 0 Å². The first-order valence-electron chi connectivity index (χ1n) is 9.12. The molecular weight excluding hydrogens is 399 g/mol. The van der Waals surface area contributed by atoms with Crippen molar-refractivity contribution in [1.29, 1.82) is 0 Å². The molecule has 0 radical (unpaired) electrons. The van der Waals surface area contributed by atoms with Gasteiger partial charge in [0.15, 0.2) is 5.65 Å². The number of aromatic amines is 1. The Balaban J connectivity index is 1.54. The minimum absolute atomic E-state index is 0.0761. The van der Waals surface area contributed by atoms with Crippen LogP contribution in [-0.4, -0.2) is 65.4 Å². The van der Waals surface area contributed by atoms with E-state index in [4.69, 9.17) is 4.74 Å². The molecule has 3 aromatic rings. The number of benzene rings is 1. The molecule has 154 valence electrons. The van der Waals surface area contributed by atoms with Crippen LogP contribution in [0.5, 0.6) is 5.75 Å². The zero-order valence-corrected chi connectivity index (χ0v) is 16.8. The lowest BCUT2D eigenvalue weighted by atomic mass is 10.1. The summed E-state index contributed by atoms with van der Waals surface area (Å²) in [6.45, 7) is 0.926. The van der Waals surface area contributed by atoms with Crippen molar-refractivity contribution in [2.24, 2.45) is 0 Å². The van der Waals surface area contributed by atoms with Gasteiger partial charge in [-0.05, 0) is 31.0 Å². The Morgan fingerprint density at radius 3 is 2.76 bits per heavy atom. The molecule has 2 N–H and O–H groups in total. The average molecular weight is 420 g/mol. The van der Waals surface area contributed by atoms with Crippen LogP contribution in [0.4, 0.5) is 10.3 Å². The number of hydrogen-bond acceptors (Lipinski definition) is 7. The van der Waals surface area contributed by atoms with Crippen molar-refractivity contribution in [3.63, 3.8) is 0 Å². The number of nitrogens with one attached hydrogen (secondary N) is 2. The Morgan fingerprint density at radius 1 is 1.31 bits per heavy atom. The molecule has 4 rings (SSSR count). The Bertz CT molecular complexity index is 1140. The highest BCUT2D eigenvalue weighted by atomic mass is 32.2. The predicted octanol–water partition coefficient (Wildman–Crippen LogP) is 2.00. The summed E-state index contributed by atoms with van der Waals surface area (Å²) in [6, 6.07) is 4.33. The number of methoxy groups -OCH3 is 1. The number of H-pyrrole nitrogens is 1. The van der Waals surface area contributed by atoms with Crippen molar-refractivity contribution in [3.05, 3.63) is 30.2 Å². The first-order chi connectivity index (χ1) is 13.8. The number of halogens is 1. The maximum atomic E-state index is 13.7. The maximum Gasteiger partial charge on any atom is 0.224 e. The second-order valence-electron chi connectivity index (χ2n) is 6.95. The van der Waals surface area contributed by atoms with Crippen LogP contribution in [0.2, 0.25) is 0 Å². The average Bonchev–Trinajstić information content (AvgIpc) is 3.11. The second-order valence-corrected chi connectivity index (χ2v) is 8.94. The smallest absolute Gasteiger partial charge is 0.224 e. The molecule has 11 heteroatoms. The van der Waals surface area contributed by atoms with E-state index < -0.39 is 10.0 Å². The van der Waals surface area contributed by atoms with Gasteiger partial charge in [-0.25, -0.2) is 22.1 Å². The molecule has 0 saturated carbocycles. The lowest BCUT2D eigenvalue weighted by molar-refractivity contribution is 0.331. The summed E-state index contributed by atoms with van der Waals surface area (Å²) in [5.41, 5.74) is 1.55. The standard InChI is InChI=1S/C18H21FN6O3S/c1-28-15-4-3-11(19)9-13(15)16-14-10-20-18(22-17(14)24-23-16)21-12-5-7-25(8-6-12)29(2,26)27/h3-4,9-10,12H,5-8H2,1-2H3,(H2,20,21,22,23,24). The quantitative estimate of drug-likeness (QED) is 0.649. The minimum Gasteiger partial charge on any atom is -0.496 e. The van der Waals surface area contributed by atoms with Gasteiger partial charge in [0.2, 0.25) is 16.0 Å². The van der Waals surface area contributed by atoms with E-state index in [9.17, 15) is 12.8 Å². The highest BCUT2D eigenvalue weighted by Crippen LogP contribution is 2.33. The molecule has 1 saturated heterocycles. The Hall–Kier alpha value is -2.79. The highest BCUT2D eigenvalue weighted by Gasteiger charge is 2.25. The summed E-state index contributed by atoms with van der Waals surface area (Å²) < 4.78 is 43.8. The molecule has 29 heavy (non-hydrogen) atoms. The van der Waals surface area contributed by atoms with Crippen LogP contribution in [0.1, 0.15) is 12.8 Å². The predicted molar refractivity (Wildman–Crippen MR) is 107 cm³/mol. The molecule has 0 unspecified atom stereocenters. The number of fused-ring (bicyclic) bond motifs is 1. The van der Waals surface area contributed by atoms with Crippen molar-refractivity contribution >= 4 is 27.0 Å². The Labute approximate surface area is 167 Å². The number of nitrogens with zero attached hydrogens (tertiary/aromatic N) is 4. The fourth-order valence-corrected chi connectivity index (χ4v) is 4.34. The summed E-state index contributed by atoms with van der Waals surface area (Å²) in [5.74, 6) is 0.541. The largest absolute Gasteiger partial charge is 0.496 e. The van der Waals surface area contributed by atoms with Crippen LogP contribution in [0, 0.1) is 5.82 Å². The molecule has 0 atom stereocenters. The molecule has 0 spiro atoms. The van der Waals surface area contributed by atoms with Crippen LogP contribution < -0.4 is 10.1 Å². The van der Waals surface area contributed by atoms with Crippen molar-refractivity contribution in [2.75, 3.05) is 31.8 Å². The van der Waals surface area contributed by atoms with Crippen LogP contribution in [0.25, 0.3) is 22.3 Å². The number of anilines is 1. The van der Waals surface area contributed by atoms with E-state index in [-0.39, 0.29) is 11.9 Å². The number of hydrogen-bond donors (Lipinski definition) is 2. The minimum atomic E-state index is -3.16. The number of aromatic nitrogens is 4. The number of piperidine rings is 1. The Morgan fingerprint density at radius 2 is 2.07 bits per heavy atom. The van der Waals surface area contributed by atoms with Crippen molar-refractivity contribution < 1.29 is 17.5 Å². The van der Waals surface area contributed by atoms with Crippen molar-refractivity contribution in [1.82, 2.24) is 24.5 Å². The van der Waals surface area contributed by atoms with E-state index >= 15 is 0 Å². The van der Waals surface area contributed by atoms with Gasteiger partial charge in [-0.1, -0.05) is 0 Å². The normalized spacial score (nSPS) is 16.2. The second kappa shape index (κ2) is 7.56. The van der Waals surface area contributed by atoms with E-state index in [0.29, 0.717) is 59.9 Å². The SMILES string of the molecule is COc1ccc(F)cc1-c1[nH]nc2nc(NC3CCN(S(C)(=O)=O)CC3)ncc12. The summed E-state index contributed by atoms with van der Waals surface area (Å²) in [6.07, 6.45) is 4.18. The summed E-state index contributed by atoms with van der Waals surface area (Å²) in [4.78, 5) is 8.79. The van der Waals surface area contributed by atoms with Crippen LogP contribution >= 0.6 is 0 Å². The molecule has 0 aliphatic carbocycles. The molecule has 1 aliphatic rings. The molecule has 3 heterocycles. The van der Waals surface area contributed by atoms with Gasteiger partial charge < -0.3 is 10.1 Å². The van der Waals surface area contributed by atoms with Gasteiger partial charge >= 0.3 is 0 Å². The molecule has 2 aromatic heterocycles. The molecule has 0 bridgehead atoms. The van der Waals surface area contributed by atoms with Gasteiger partial charge in [0.25, 0.3) is 0 Å². The van der Waals surface area contributed by atoms with Crippen molar-refractivity contribution in [2.45, 2.75) is 18.9 Å². The first kappa shape index (κ1) is 19.5. The van der Waals surface area contributed by atoms with Gasteiger partial charge in [0.1, 0.15) is 11.6 Å². The molecule has 1 fully saturated rings. The van der Waals surface area contributed by atoms with E-state index in [0.717, 1.165) is 0 Å². The van der Waals surface area contributed by atoms with Gasteiger partial charge in [0, 0.05) is 30.9 Å². The van der Waals surface area contributed by atoms with Crippen molar-refractivity contribution in [3.8, 4) is 17.0 Å². The number of rotatable bonds is 5. The third kappa shape index (κ3) is 4.01. The first-order valence-corrected chi connectivity index (χ1v) is 11.0. The monoisotopic (exact) mass is 420 g/mol. The van der Waals surface area contributed by atoms with Gasteiger partial charge in [-0.2, -0.15) is 10.1 Å². The molecule has 0 amide bonds. The van der Waals surface area contributed by atoms with Gasteiger partial charge in [-0.3, -0.25) is 5.10 Å². The third-order valence-corrected chi connectivity index (χ3v) is 6.30. The van der Waals surface area contributed by atoms with E-state index in [2.05, 4.69) is 25.5 Å². The topological polar surface area (TPSA) is 113 Å². The number of sulfonamides is 1. The summed E-state index contributed by atoms with van der Waals surface area (Å²) in [5, 5.41) is 11.0. The van der Waals surface area contributed by atoms with E-state index in [1.54, 1.807) is 12.3 Å². The fraction of sp³-hybridized carbons (Fsp3) is 0.389. The van der Waals surface area contributed by atoms with Crippen LogP contribution in [0.15, 0.2) is 24.4 Å². The van der Waals surface area contributed by atoms with Crippen LogP contribution in [0.3, 0.4) is 0 Å². The summed E-state index contributed by atoms with van der Waals surface area (Å²) >= 11 is 0. The van der Waals surface area contributed by atoms with E-state index in [1.165, 1.54) is 29.8 Å². The maximum absolute atomic E-state index is 13.7. The summed E-state index contributed by atoms with van der Waals surface area (Å²) in [7, 11) is -1.64.